The molecule has 0 bridgehead atoms. The number of methoxy groups -OCH3 is 1. The Hall–Kier alpha value is -3.02. The summed E-state index contributed by atoms with van der Waals surface area (Å²) in [5.41, 5.74) is 3.03. The van der Waals surface area contributed by atoms with Crippen LogP contribution in [0.1, 0.15) is 27.9 Å². The van der Waals surface area contributed by atoms with Gasteiger partial charge < -0.3 is 14.1 Å². The molecule has 1 N–H and O–H groups in total. The van der Waals surface area contributed by atoms with E-state index in [0.717, 1.165) is 28.3 Å². The second kappa shape index (κ2) is 5.01. The Morgan fingerprint density at radius 1 is 1.26 bits per heavy atom. The number of fused-ring (bicyclic) bond motifs is 1. The maximum Gasteiger partial charge on any atom is 0.272 e. The van der Waals surface area contributed by atoms with E-state index < -0.39 is 0 Å². The van der Waals surface area contributed by atoms with Crippen molar-refractivity contribution in [1.29, 1.82) is 0 Å². The molecule has 1 unspecified atom stereocenters. The van der Waals surface area contributed by atoms with E-state index in [0.29, 0.717) is 5.69 Å². The molecule has 6 heteroatoms. The highest BCUT2D eigenvalue weighted by atomic mass is 16.5. The zero-order valence-corrected chi connectivity index (χ0v) is 12.7. The summed E-state index contributed by atoms with van der Waals surface area (Å²) >= 11 is 0. The molecule has 0 saturated heterocycles. The van der Waals surface area contributed by atoms with Gasteiger partial charge in [0.2, 0.25) is 0 Å². The molecule has 0 aliphatic carbocycles. The number of nitrogens with one attached hydrogen (secondary N) is 1. The molecule has 4 rings (SSSR count). The maximum atomic E-state index is 12.4. The summed E-state index contributed by atoms with van der Waals surface area (Å²) in [6.07, 6.45) is 1.61. The first-order valence-corrected chi connectivity index (χ1v) is 7.24. The van der Waals surface area contributed by atoms with Crippen molar-refractivity contribution in [3.63, 3.8) is 0 Å². The van der Waals surface area contributed by atoms with Crippen molar-refractivity contribution in [2.75, 3.05) is 14.2 Å². The lowest BCUT2D eigenvalue weighted by molar-refractivity contribution is 0.0777. The summed E-state index contributed by atoms with van der Waals surface area (Å²) in [7, 11) is 3.39. The second-order valence-corrected chi connectivity index (χ2v) is 5.42. The van der Waals surface area contributed by atoms with E-state index in [1.807, 2.05) is 36.4 Å². The Labute approximate surface area is 132 Å². The Bertz CT molecular complexity index is 850. The number of H-pyrrole nitrogens is 1. The molecule has 1 amide bonds. The molecule has 23 heavy (non-hydrogen) atoms. The van der Waals surface area contributed by atoms with Crippen molar-refractivity contribution in [2.24, 2.45) is 0 Å². The van der Waals surface area contributed by atoms with Crippen LogP contribution < -0.4 is 4.74 Å². The third-order valence-corrected chi connectivity index (χ3v) is 4.18. The Kier molecular flexibility index (Phi) is 2.97. The molecule has 0 radical (unpaired) electrons. The van der Waals surface area contributed by atoms with Gasteiger partial charge in [-0.25, -0.2) is 0 Å². The van der Waals surface area contributed by atoms with Crippen molar-refractivity contribution >= 4 is 5.91 Å². The fourth-order valence-electron chi connectivity index (χ4n) is 3.02. The van der Waals surface area contributed by atoms with Gasteiger partial charge in [0, 0.05) is 18.2 Å². The number of nitrogens with zero attached hydrogens (tertiary/aromatic N) is 2. The Morgan fingerprint density at radius 3 is 2.70 bits per heavy atom. The highest BCUT2D eigenvalue weighted by Gasteiger charge is 2.41. The van der Waals surface area contributed by atoms with Crippen LogP contribution in [0, 0.1) is 0 Å². The molecule has 0 fully saturated rings. The topological polar surface area (TPSA) is 71.4 Å². The molecular formula is C17H15N3O3. The molecule has 0 spiro atoms. The van der Waals surface area contributed by atoms with E-state index in [2.05, 4.69) is 10.2 Å². The largest absolute Gasteiger partial charge is 0.497 e. The fourth-order valence-corrected chi connectivity index (χ4v) is 3.02. The van der Waals surface area contributed by atoms with Gasteiger partial charge in [0.05, 0.1) is 19.1 Å². The van der Waals surface area contributed by atoms with Crippen LogP contribution in [0.15, 0.2) is 47.1 Å². The average Bonchev–Trinajstić information content (AvgIpc) is 3.28. The number of benzene rings is 1. The first kappa shape index (κ1) is 13.6. The van der Waals surface area contributed by atoms with Gasteiger partial charge in [0.15, 0.2) is 0 Å². The van der Waals surface area contributed by atoms with E-state index in [-0.39, 0.29) is 11.9 Å². The zero-order valence-electron chi connectivity index (χ0n) is 12.7. The lowest BCUT2D eigenvalue weighted by atomic mass is 10.0. The standard InChI is InChI=1S/C17H15N3O3/c1-20-16(12-4-3-9-23-12)13-14(18-19-15(13)17(20)21)10-5-7-11(22-2)8-6-10/h3-9,16H,1-2H3,(H,18,19). The third kappa shape index (κ3) is 1.95. The smallest absolute Gasteiger partial charge is 0.272 e. The van der Waals surface area contributed by atoms with Gasteiger partial charge in [0.1, 0.15) is 23.2 Å². The highest BCUT2D eigenvalue weighted by molar-refractivity contribution is 5.99. The predicted octanol–water partition coefficient (Wildman–Crippen LogP) is 2.85. The first-order valence-electron chi connectivity index (χ1n) is 7.24. The average molecular weight is 309 g/mol. The Morgan fingerprint density at radius 2 is 2.04 bits per heavy atom. The number of carbonyl (C=O) groups is 1. The summed E-state index contributed by atoms with van der Waals surface area (Å²) in [6.45, 7) is 0. The van der Waals surface area contributed by atoms with E-state index in [1.54, 1.807) is 25.3 Å². The van der Waals surface area contributed by atoms with Crippen molar-refractivity contribution < 1.29 is 13.9 Å². The molecule has 1 aliphatic heterocycles. The third-order valence-electron chi connectivity index (χ3n) is 4.18. The van der Waals surface area contributed by atoms with Gasteiger partial charge >= 0.3 is 0 Å². The van der Waals surface area contributed by atoms with Gasteiger partial charge in [-0.1, -0.05) is 0 Å². The number of hydrogen-bond acceptors (Lipinski definition) is 4. The fraction of sp³-hybridized carbons (Fsp3) is 0.176. The SMILES string of the molecule is COc1ccc(-c2n[nH]c3c2C(c2ccco2)N(C)C3=O)cc1. The zero-order chi connectivity index (χ0) is 16.0. The number of furan rings is 1. The Balaban J connectivity index is 1.86. The van der Waals surface area contributed by atoms with Gasteiger partial charge in [-0.15, -0.1) is 0 Å². The second-order valence-electron chi connectivity index (χ2n) is 5.42. The van der Waals surface area contributed by atoms with Crippen LogP contribution in [0.25, 0.3) is 11.3 Å². The molecule has 2 aromatic heterocycles. The molecular weight excluding hydrogens is 294 g/mol. The summed E-state index contributed by atoms with van der Waals surface area (Å²) < 4.78 is 10.7. The van der Waals surface area contributed by atoms with Gasteiger partial charge in [0.25, 0.3) is 5.91 Å². The number of hydrogen-bond donors (Lipinski definition) is 1. The molecule has 3 aromatic rings. The number of aromatic nitrogens is 2. The van der Waals surface area contributed by atoms with Gasteiger partial charge in [-0.3, -0.25) is 9.89 Å². The molecule has 3 heterocycles. The molecule has 1 atom stereocenters. The van der Waals surface area contributed by atoms with Crippen LogP contribution >= 0.6 is 0 Å². The highest BCUT2D eigenvalue weighted by Crippen LogP contribution is 2.42. The molecule has 0 saturated carbocycles. The molecule has 116 valence electrons. The summed E-state index contributed by atoms with van der Waals surface area (Å²) in [4.78, 5) is 14.1. The van der Waals surface area contributed by atoms with Crippen LogP contribution in [0.4, 0.5) is 0 Å². The van der Waals surface area contributed by atoms with Crippen molar-refractivity contribution in [3.8, 4) is 17.0 Å². The van der Waals surface area contributed by atoms with Gasteiger partial charge in [-0.2, -0.15) is 5.10 Å². The van der Waals surface area contributed by atoms with Crippen molar-refractivity contribution in [1.82, 2.24) is 15.1 Å². The first-order chi connectivity index (χ1) is 11.2. The molecule has 6 nitrogen and oxygen atoms in total. The summed E-state index contributed by atoms with van der Waals surface area (Å²) in [5.74, 6) is 1.40. The van der Waals surface area contributed by atoms with Crippen molar-refractivity contribution in [2.45, 2.75) is 6.04 Å². The molecule has 1 aromatic carbocycles. The lowest BCUT2D eigenvalue weighted by Crippen LogP contribution is -2.24. The minimum atomic E-state index is -0.275. The molecule has 1 aliphatic rings. The van der Waals surface area contributed by atoms with Gasteiger partial charge in [-0.05, 0) is 36.4 Å². The number of rotatable bonds is 3. The summed E-state index contributed by atoms with van der Waals surface area (Å²) in [6, 6.07) is 11.0. The van der Waals surface area contributed by atoms with E-state index in [4.69, 9.17) is 9.15 Å². The summed E-state index contributed by atoms with van der Waals surface area (Å²) in [5, 5.41) is 7.22. The predicted molar refractivity (Wildman–Crippen MR) is 83.2 cm³/mol. The minimum Gasteiger partial charge on any atom is -0.497 e. The van der Waals surface area contributed by atoms with E-state index in [1.165, 1.54) is 0 Å². The quantitative estimate of drug-likeness (QED) is 0.807. The van der Waals surface area contributed by atoms with Crippen LogP contribution in [-0.2, 0) is 0 Å². The normalized spacial score (nSPS) is 16.7. The minimum absolute atomic E-state index is 0.0892. The van der Waals surface area contributed by atoms with E-state index >= 15 is 0 Å². The number of aromatic amines is 1. The van der Waals surface area contributed by atoms with Crippen molar-refractivity contribution in [3.05, 3.63) is 59.7 Å². The number of ether oxygens (including phenoxy) is 1. The van der Waals surface area contributed by atoms with Crippen LogP contribution in [-0.4, -0.2) is 35.2 Å². The monoisotopic (exact) mass is 309 g/mol. The maximum absolute atomic E-state index is 12.4. The number of carbonyl (C=O) groups excluding carboxylic acids is 1. The van der Waals surface area contributed by atoms with Crippen LogP contribution in [0.5, 0.6) is 5.75 Å². The number of amides is 1. The lowest BCUT2D eigenvalue weighted by Gasteiger charge is -2.19. The van der Waals surface area contributed by atoms with Crippen LogP contribution in [0.2, 0.25) is 0 Å². The van der Waals surface area contributed by atoms with E-state index in [9.17, 15) is 4.79 Å². The van der Waals surface area contributed by atoms with Crippen LogP contribution in [0.3, 0.4) is 0 Å².